The summed E-state index contributed by atoms with van der Waals surface area (Å²) in [7, 11) is 0. The monoisotopic (exact) mass is 230 g/mol. The molecular weight excluding hydrogens is 221 g/mol. The number of ether oxygens (including phenoxy) is 1. The normalized spacial score (nSPS) is 12.9. The Morgan fingerprint density at radius 3 is 2.50 bits per heavy atom. The van der Waals surface area contributed by atoms with E-state index in [0.29, 0.717) is 0 Å². The summed E-state index contributed by atoms with van der Waals surface area (Å²) >= 11 is 0. The number of nitrogens with zero attached hydrogens (tertiary/aromatic N) is 1. The highest BCUT2D eigenvalue weighted by atomic mass is 19.4. The van der Waals surface area contributed by atoms with Crippen LogP contribution in [0.25, 0.3) is 0 Å². The molecule has 0 heterocycles. The Morgan fingerprint density at radius 2 is 2.06 bits per heavy atom. The number of nitrogen functional groups attached to an aromatic ring is 1. The smallest absolute Gasteiger partial charge is 0.425 e. The number of hydrogen-bond donors (Lipinski definition) is 1. The van der Waals surface area contributed by atoms with Gasteiger partial charge in [-0.2, -0.15) is 18.4 Å². The van der Waals surface area contributed by atoms with Crippen molar-refractivity contribution in [2.24, 2.45) is 0 Å². The molecule has 0 radical (unpaired) electrons. The van der Waals surface area contributed by atoms with Gasteiger partial charge in [0, 0.05) is 6.07 Å². The lowest BCUT2D eigenvalue weighted by Gasteiger charge is -2.17. The molecule has 6 heteroatoms. The van der Waals surface area contributed by atoms with Crippen molar-refractivity contribution in [1.82, 2.24) is 0 Å². The van der Waals surface area contributed by atoms with Crippen LogP contribution in [0.4, 0.5) is 18.9 Å². The van der Waals surface area contributed by atoms with Crippen molar-refractivity contribution in [3.63, 3.8) is 0 Å². The van der Waals surface area contributed by atoms with Crippen LogP contribution in [0, 0.1) is 11.3 Å². The molecule has 1 rings (SSSR count). The predicted octanol–water partition coefficient (Wildman–Crippen LogP) is 2.47. The quantitative estimate of drug-likeness (QED) is 0.794. The van der Waals surface area contributed by atoms with E-state index in [9.17, 15) is 13.2 Å². The van der Waals surface area contributed by atoms with Gasteiger partial charge >= 0.3 is 6.18 Å². The van der Waals surface area contributed by atoms with Gasteiger partial charge < -0.3 is 10.5 Å². The van der Waals surface area contributed by atoms with Gasteiger partial charge in [-0.1, -0.05) is 0 Å². The molecule has 1 unspecified atom stereocenters. The van der Waals surface area contributed by atoms with Crippen LogP contribution in [0.15, 0.2) is 18.2 Å². The van der Waals surface area contributed by atoms with Crippen molar-refractivity contribution in [1.29, 1.82) is 5.26 Å². The first kappa shape index (κ1) is 12.2. The number of halogens is 3. The Balaban J connectivity index is 2.85. The average Bonchev–Trinajstić information content (AvgIpc) is 2.16. The van der Waals surface area contributed by atoms with Crippen molar-refractivity contribution in [2.45, 2.75) is 19.2 Å². The molecule has 0 aliphatic carbocycles. The highest BCUT2D eigenvalue weighted by Gasteiger charge is 2.38. The van der Waals surface area contributed by atoms with Crippen LogP contribution >= 0.6 is 0 Å². The maximum absolute atomic E-state index is 12.2. The summed E-state index contributed by atoms with van der Waals surface area (Å²) in [5.41, 5.74) is 5.73. The fourth-order valence-corrected chi connectivity index (χ4v) is 0.987. The molecular formula is C10H9F3N2O. The molecule has 0 saturated heterocycles. The molecule has 16 heavy (non-hydrogen) atoms. The molecule has 1 atom stereocenters. The minimum absolute atomic E-state index is 0.0127. The van der Waals surface area contributed by atoms with Crippen LogP contribution < -0.4 is 10.5 Å². The minimum Gasteiger partial charge on any atom is -0.481 e. The van der Waals surface area contributed by atoms with E-state index in [2.05, 4.69) is 4.74 Å². The Labute approximate surface area is 90.2 Å². The zero-order valence-corrected chi connectivity index (χ0v) is 8.38. The van der Waals surface area contributed by atoms with E-state index < -0.39 is 12.3 Å². The van der Waals surface area contributed by atoms with E-state index in [1.54, 1.807) is 6.07 Å². The summed E-state index contributed by atoms with van der Waals surface area (Å²) in [6.07, 6.45) is -6.34. The first-order chi connectivity index (χ1) is 7.34. The van der Waals surface area contributed by atoms with E-state index in [4.69, 9.17) is 11.0 Å². The summed E-state index contributed by atoms with van der Waals surface area (Å²) in [5.74, 6) is -0.0127. The molecule has 0 saturated carbocycles. The van der Waals surface area contributed by atoms with E-state index >= 15 is 0 Å². The zero-order valence-electron chi connectivity index (χ0n) is 8.38. The highest BCUT2D eigenvalue weighted by molar-refractivity contribution is 5.57. The summed E-state index contributed by atoms with van der Waals surface area (Å²) in [6, 6.07) is 5.59. The topological polar surface area (TPSA) is 59.0 Å². The summed E-state index contributed by atoms with van der Waals surface area (Å²) in [4.78, 5) is 0. The molecule has 0 fully saturated rings. The number of nitrogens with two attached hydrogens (primary N) is 1. The van der Waals surface area contributed by atoms with Gasteiger partial charge in [-0.05, 0) is 19.1 Å². The summed E-state index contributed by atoms with van der Waals surface area (Å²) in [5, 5.41) is 8.57. The lowest BCUT2D eigenvalue weighted by Crippen LogP contribution is -2.31. The molecule has 0 amide bonds. The molecule has 0 bridgehead atoms. The SMILES string of the molecule is CC(Oc1ccc(C#N)c(N)c1)C(F)(F)F. The van der Waals surface area contributed by atoms with Gasteiger partial charge in [0.25, 0.3) is 0 Å². The fourth-order valence-electron chi connectivity index (χ4n) is 0.987. The molecule has 2 N–H and O–H groups in total. The van der Waals surface area contributed by atoms with Gasteiger partial charge in [0.05, 0.1) is 11.3 Å². The van der Waals surface area contributed by atoms with Gasteiger partial charge in [-0.3, -0.25) is 0 Å². The van der Waals surface area contributed by atoms with Crippen LogP contribution in [-0.4, -0.2) is 12.3 Å². The predicted molar refractivity (Wildman–Crippen MR) is 51.7 cm³/mol. The van der Waals surface area contributed by atoms with Crippen molar-refractivity contribution >= 4 is 5.69 Å². The molecule has 0 aliphatic heterocycles. The third-order valence-electron chi connectivity index (χ3n) is 1.92. The summed E-state index contributed by atoms with van der Waals surface area (Å²) in [6.45, 7) is 0.897. The Morgan fingerprint density at radius 1 is 1.44 bits per heavy atom. The molecule has 1 aromatic carbocycles. The van der Waals surface area contributed by atoms with Crippen molar-refractivity contribution in [2.75, 3.05) is 5.73 Å². The summed E-state index contributed by atoms with van der Waals surface area (Å²) < 4.78 is 41.2. The van der Waals surface area contributed by atoms with Gasteiger partial charge in [0.1, 0.15) is 11.8 Å². The second-order valence-corrected chi connectivity index (χ2v) is 3.16. The van der Waals surface area contributed by atoms with Crippen LogP contribution in [0.5, 0.6) is 5.75 Å². The van der Waals surface area contributed by atoms with Crippen LogP contribution in [-0.2, 0) is 0 Å². The molecule has 0 aromatic heterocycles. The molecule has 3 nitrogen and oxygen atoms in total. The standard InChI is InChI=1S/C10H9F3N2O/c1-6(10(11,12)13)16-8-3-2-7(5-14)9(15)4-8/h2-4,6H,15H2,1H3. The van der Waals surface area contributed by atoms with Gasteiger partial charge in [0.2, 0.25) is 0 Å². The van der Waals surface area contributed by atoms with Crippen LogP contribution in [0.3, 0.4) is 0 Å². The van der Waals surface area contributed by atoms with Gasteiger partial charge in [-0.25, -0.2) is 0 Å². The molecule has 0 spiro atoms. The number of nitriles is 1. The lowest BCUT2D eigenvalue weighted by atomic mass is 10.2. The number of rotatable bonds is 2. The van der Waals surface area contributed by atoms with E-state index in [1.165, 1.54) is 18.2 Å². The van der Waals surface area contributed by atoms with E-state index in [0.717, 1.165) is 6.92 Å². The lowest BCUT2D eigenvalue weighted by molar-refractivity contribution is -0.189. The minimum atomic E-state index is -4.43. The second kappa shape index (κ2) is 4.31. The second-order valence-electron chi connectivity index (χ2n) is 3.16. The highest BCUT2D eigenvalue weighted by Crippen LogP contribution is 2.26. The maximum atomic E-state index is 12.2. The van der Waals surface area contributed by atoms with Crippen molar-refractivity contribution in [3.8, 4) is 11.8 Å². The van der Waals surface area contributed by atoms with Crippen molar-refractivity contribution in [3.05, 3.63) is 23.8 Å². The first-order valence-corrected chi connectivity index (χ1v) is 4.37. The number of alkyl halides is 3. The van der Waals surface area contributed by atoms with E-state index in [-0.39, 0.29) is 17.0 Å². The fraction of sp³-hybridized carbons (Fsp3) is 0.300. The Hall–Kier alpha value is -1.90. The number of hydrogen-bond acceptors (Lipinski definition) is 3. The Bertz CT molecular complexity index is 423. The largest absolute Gasteiger partial charge is 0.481 e. The van der Waals surface area contributed by atoms with Crippen LogP contribution in [0.1, 0.15) is 12.5 Å². The number of benzene rings is 1. The molecule has 86 valence electrons. The van der Waals surface area contributed by atoms with Crippen LogP contribution in [0.2, 0.25) is 0 Å². The molecule has 0 aliphatic rings. The van der Waals surface area contributed by atoms with Gasteiger partial charge in [0.15, 0.2) is 6.10 Å². The van der Waals surface area contributed by atoms with Crippen molar-refractivity contribution < 1.29 is 17.9 Å². The molecule has 1 aromatic rings. The number of anilines is 1. The first-order valence-electron chi connectivity index (χ1n) is 4.37. The Kier molecular flexibility index (Phi) is 3.28. The van der Waals surface area contributed by atoms with Gasteiger partial charge in [-0.15, -0.1) is 0 Å². The van der Waals surface area contributed by atoms with E-state index in [1.807, 2.05) is 0 Å². The zero-order chi connectivity index (χ0) is 12.3. The third-order valence-corrected chi connectivity index (χ3v) is 1.92. The third kappa shape index (κ3) is 2.79. The average molecular weight is 230 g/mol. The maximum Gasteiger partial charge on any atom is 0.425 e.